The molecule has 1 unspecified atom stereocenters. The third-order valence-corrected chi connectivity index (χ3v) is 4.63. The molecule has 2 aliphatic heterocycles. The first-order valence-corrected chi connectivity index (χ1v) is 8.18. The van der Waals surface area contributed by atoms with Crippen LogP contribution in [0, 0.1) is 12.8 Å². The van der Waals surface area contributed by atoms with E-state index in [0.717, 1.165) is 43.8 Å². The van der Waals surface area contributed by atoms with E-state index in [0.29, 0.717) is 19.0 Å². The van der Waals surface area contributed by atoms with Gasteiger partial charge in [-0.15, -0.1) is 0 Å². The topological polar surface area (TPSA) is 45.7 Å². The lowest BCUT2D eigenvalue weighted by Gasteiger charge is -2.40. The van der Waals surface area contributed by atoms with Crippen LogP contribution >= 0.6 is 0 Å². The molecule has 22 heavy (non-hydrogen) atoms. The molecule has 1 amide bonds. The molecular formula is C17H25N3O2. The Morgan fingerprint density at radius 1 is 1.32 bits per heavy atom. The number of aromatic nitrogens is 1. The molecule has 2 saturated heterocycles. The zero-order valence-corrected chi connectivity index (χ0v) is 13.5. The summed E-state index contributed by atoms with van der Waals surface area (Å²) in [5.41, 5.74) is 0.951. The summed E-state index contributed by atoms with van der Waals surface area (Å²) in [6, 6.07) is 3.81. The summed E-state index contributed by atoms with van der Waals surface area (Å²) in [4.78, 5) is 21.0. The molecule has 1 atom stereocenters. The fourth-order valence-electron chi connectivity index (χ4n) is 3.22. The summed E-state index contributed by atoms with van der Waals surface area (Å²) in [7, 11) is 2.14. The number of pyridine rings is 1. The fraction of sp³-hybridized carbons (Fsp3) is 0.647. The minimum absolute atomic E-state index is 0.124. The van der Waals surface area contributed by atoms with E-state index < -0.39 is 0 Å². The number of hydrogen-bond acceptors (Lipinski definition) is 4. The van der Waals surface area contributed by atoms with Crippen molar-refractivity contribution in [3.05, 3.63) is 24.0 Å². The Labute approximate surface area is 132 Å². The molecule has 0 N–H and O–H groups in total. The first-order valence-electron chi connectivity index (χ1n) is 8.18. The summed E-state index contributed by atoms with van der Waals surface area (Å²) in [6.07, 6.45) is 5.01. The van der Waals surface area contributed by atoms with Crippen molar-refractivity contribution in [3.8, 4) is 5.75 Å². The minimum atomic E-state index is 0.124. The maximum Gasteiger partial charge on any atom is 0.225 e. The number of ether oxygens (including phenoxy) is 1. The van der Waals surface area contributed by atoms with E-state index in [9.17, 15) is 4.79 Å². The van der Waals surface area contributed by atoms with Gasteiger partial charge in [0, 0.05) is 23.9 Å². The highest BCUT2D eigenvalue weighted by Gasteiger charge is 2.36. The predicted octanol–water partition coefficient (Wildman–Crippen LogP) is 1.71. The monoisotopic (exact) mass is 303 g/mol. The molecule has 1 aromatic rings. The summed E-state index contributed by atoms with van der Waals surface area (Å²) in [5.74, 6) is 1.37. The van der Waals surface area contributed by atoms with E-state index >= 15 is 0 Å². The summed E-state index contributed by atoms with van der Waals surface area (Å²) in [5, 5.41) is 0. The van der Waals surface area contributed by atoms with Crippen molar-refractivity contribution in [1.82, 2.24) is 14.8 Å². The van der Waals surface area contributed by atoms with Gasteiger partial charge in [0.2, 0.25) is 5.91 Å². The van der Waals surface area contributed by atoms with E-state index in [4.69, 9.17) is 4.74 Å². The number of carbonyl (C=O) groups excluding carboxylic acids is 1. The lowest BCUT2D eigenvalue weighted by Crippen LogP contribution is -2.57. The average Bonchev–Trinajstić information content (AvgIpc) is 2.67. The van der Waals surface area contributed by atoms with Crippen LogP contribution in [0.1, 0.15) is 25.0 Å². The van der Waals surface area contributed by atoms with E-state index in [2.05, 4.69) is 16.9 Å². The second kappa shape index (κ2) is 6.65. The fourth-order valence-corrected chi connectivity index (χ4v) is 3.22. The van der Waals surface area contributed by atoms with Crippen molar-refractivity contribution < 1.29 is 9.53 Å². The SMILES string of the molecule is Cc1cc(OC2CN(C(=O)C3CCCN(C)CC3)C2)ccn1. The minimum Gasteiger partial charge on any atom is -0.487 e. The Hall–Kier alpha value is -1.62. The van der Waals surface area contributed by atoms with Gasteiger partial charge in [-0.3, -0.25) is 9.78 Å². The van der Waals surface area contributed by atoms with Crippen LogP contribution in [0.15, 0.2) is 18.3 Å². The zero-order chi connectivity index (χ0) is 15.5. The molecule has 1 aromatic heterocycles. The van der Waals surface area contributed by atoms with E-state index in [1.165, 1.54) is 0 Å². The molecule has 120 valence electrons. The molecule has 0 aliphatic carbocycles. The lowest BCUT2D eigenvalue weighted by molar-refractivity contribution is -0.144. The van der Waals surface area contributed by atoms with Gasteiger partial charge in [0.05, 0.1) is 13.1 Å². The number of aryl methyl sites for hydroxylation is 1. The van der Waals surface area contributed by atoms with Gasteiger partial charge < -0.3 is 14.5 Å². The Morgan fingerprint density at radius 3 is 2.91 bits per heavy atom. The van der Waals surface area contributed by atoms with Crippen molar-refractivity contribution in [2.75, 3.05) is 33.2 Å². The van der Waals surface area contributed by atoms with Crippen molar-refractivity contribution >= 4 is 5.91 Å². The van der Waals surface area contributed by atoms with E-state index in [1.54, 1.807) is 6.20 Å². The number of likely N-dealkylation sites (tertiary alicyclic amines) is 2. The first-order chi connectivity index (χ1) is 10.6. The molecule has 5 heteroatoms. The molecule has 0 aromatic carbocycles. The molecule has 0 spiro atoms. The van der Waals surface area contributed by atoms with Gasteiger partial charge in [0.1, 0.15) is 11.9 Å². The van der Waals surface area contributed by atoms with Gasteiger partial charge >= 0.3 is 0 Å². The highest BCUT2D eigenvalue weighted by molar-refractivity contribution is 5.79. The highest BCUT2D eigenvalue weighted by atomic mass is 16.5. The molecule has 3 rings (SSSR count). The molecule has 3 heterocycles. The highest BCUT2D eigenvalue weighted by Crippen LogP contribution is 2.24. The average molecular weight is 303 g/mol. The summed E-state index contributed by atoms with van der Waals surface area (Å²) < 4.78 is 5.90. The molecular weight excluding hydrogens is 278 g/mol. The third-order valence-electron chi connectivity index (χ3n) is 4.63. The maximum atomic E-state index is 12.5. The summed E-state index contributed by atoms with van der Waals surface area (Å²) in [6.45, 7) is 5.52. The van der Waals surface area contributed by atoms with Crippen LogP contribution in [0.3, 0.4) is 0 Å². The van der Waals surface area contributed by atoms with Crippen LogP contribution < -0.4 is 4.74 Å². The van der Waals surface area contributed by atoms with Gasteiger partial charge in [0.25, 0.3) is 0 Å². The van der Waals surface area contributed by atoms with Gasteiger partial charge in [-0.1, -0.05) is 0 Å². The Balaban J connectivity index is 1.47. The van der Waals surface area contributed by atoms with E-state index in [1.807, 2.05) is 24.0 Å². The zero-order valence-electron chi connectivity index (χ0n) is 13.5. The standard InChI is InChI=1S/C17H25N3O2/c1-13-10-15(5-7-18-13)22-16-11-20(12-16)17(21)14-4-3-8-19(2)9-6-14/h5,7,10,14,16H,3-4,6,8-9,11-12H2,1-2H3. The van der Waals surface area contributed by atoms with Crippen LogP contribution in [0.25, 0.3) is 0 Å². The van der Waals surface area contributed by atoms with Crippen LogP contribution in [-0.2, 0) is 4.79 Å². The first kappa shape index (κ1) is 15.3. The van der Waals surface area contributed by atoms with Crippen LogP contribution in [-0.4, -0.2) is 60.0 Å². The van der Waals surface area contributed by atoms with Gasteiger partial charge in [-0.05, 0) is 52.4 Å². The van der Waals surface area contributed by atoms with Crippen molar-refractivity contribution in [3.63, 3.8) is 0 Å². The molecule has 2 fully saturated rings. The van der Waals surface area contributed by atoms with Gasteiger partial charge in [0.15, 0.2) is 0 Å². The van der Waals surface area contributed by atoms with Crippen LogP contribution in [0.5, 0.6) is 5.75 Å². The second-order valence-electron chi connectivity index (χ2n) is 6.55. The molecule has 2 aliphatic rings. The molecule has 0 radical (unpaired) electrons. The van der Waals surface area contributed by atoms with Gasteiger partial charge in [-0.25, -0.2) is 0 Å². The molecule has 5 nitrogen and oxygen atoms in total. The Kier molecular flexibility index (Phi) is 4.62. The Morgan fingerprint density at radius 2 is 2.14 bits per heavy atom. The lowest BCUT2D eigenvalue weighted by atomic mass is 9.97. The smallest absolute Gasteiger partial charge is 0.225 e. The number of nitrogens with zero attached hydrogens (tertiary/aromatic N) is 3. The number of amides is 1. The number of hydrogen-bond donors (Lipinski definition) is 0. The molecule has 0 bridgehead atoms. The predicted molar refractivity (Wildman–Crippen MR) is 84.8 cm³/mol. The number of carbonyl (C=O) groups is 1. The van der Waals surface area contributed by atoms with Crippen LogP contribution in [0.4, 0.5) is 0 Å². The number of rotatable bonds is 3. The van der Waals surface area contributed by atoms with E-state index in [-0.39, 0.29) is 12.0 Å². The van der Waals surface area contributed by atoms with Crippen molar-refractivity contribution in [2.24, 2.45) is 5.92 Å². The van der Waals surface area contributed by atoms with Gasteiger partial charge in [-0.2, -0.15) is 0 Å². The quantitative estimate of drug-likeness (QED) is 0.853. The summed E-state index contributed by atoms with van der Waals surface area (Å²) >= 11 is 0. The maximum absolute atomic E-state index is 12.5. The largest absolute Gasteiger partial charge is 0.487 e. The molecule has 0 saturated carbocycles. The Bertz CT molecular complexity index is 528. The van der Waals surface area contributed by atoms with Crippen molar-refractivity contribution in [1.29, 1.82) is 0 Å². The normalized spacial score (nSPS) is 23.7. The van der Waals surface area contributed by atoms with Crippen molar-refractivity contribution in [2.45, 2.75) is 32.3 Å². The van der Waals surface area contributed by atoms with Crippen LogP contribution in [0.2, 0.25) is 0 Å². The third kappa shape index (κ3) is 3.58. The second-order valence-corrected chi connectivity index (χ2v) is 6.55.